The molecular weight excluding hydrogens is 280 g/mol. The Balaban J connectivity index is 2.76. The monoisotopic (exact) mass is 296 g/mol. The molecule has 0 fully saturated rings. The minimum Gasteiger partial charge on any atom is -0.494 e. The highest BCUT2D eigenvalue weighted by Gasteiger charge is 2.23. The number of aliphatic carboxylic acids is 1. The van der Waals surface area contributed by atoms with E-state index in [1.165, 1.54) is 32.7 Å². The van der Waals surface area contributed by atoms with Crippen LogP contribution in [0.15, 0.2) is 18.5 Å². The molecule has 1 aromatic heterocycles. The molecule has 0 aliphatic carbocycles. The Morgan fingerprint density at radius 3 is 2.67 bits per heavy atom. The first-order valence-electron chi connectivity index (χ1n) is 6.08. The Kier molecular flexibility index (Phi) is 6.12. The number of aromatic nitrogens is 1. The first-order chi connectivity index (χ1) is 9.99. The van der Waals surface area contributed by atoms with Gasteiger partial charge in [0.2, 0.25) is 0 Å². The Bertz CT molecular complexity index is 531. The summed E-state index contributed by atoms with van der Waals surface area (Å²) in [4.78, 5) is 38.0. The number of pyridine rings is 1. The quantitative estimate of drug-likeness (QED) is 0.692. The van der Waals surface area contributed by atoms with Gasteiger partial charge in [0.25, 0.3) is 5.91 Å². The van der Waals surface area contributed by atoms with Gasteiger partial charge in [-0.2, -0.15) is 0 Å². The van der Waals surface area contributed by atoms with Gasteiger partial charge in [-0.05, 0) is 12.5 Å². The van der Waals surface area contributed by atoms with Crippen LogP contribution in [0.5, 0.6) is 5.75 Å². The van der Waals surface area contributed by atoms with Gasteiger partial charge in [0.15, 0.2) is 0 Å². The van der Waals surface area contributed by atoms with Crippen LogP contribution in [-0.4, -0.2) is 48.2 Å². The van der Waals surface area contributed by atoms with E-state index in [1.807, 2.05) is 0 Å². The van der Waals surface area contributed by atoms with E-state index >= 15 is 0 Å². The van der Waals surface area contributed by atoms with Crippen LogP contribution in [0.1, 0.15) is 23.2 Å². The van der Waals surface area contributed by atoms with Crippen molar-refractivity contribution in [3.63, 3.8) is 0 Å². The third-order valence-corrected chi connectivity index (χ3v) is 2.72. The van der Waals surface area contributed by atoms with Gasteiger partial charge in [-0.3, -0.25) is 14.6 Å². The molecule has 1 rings (SSSR count). The van der Waals surface area contributed by atoms with Crippen LogP contribution in [-0.2, 0) is 14.3 Å². The van der Waals surface area contributed by atoms with Crippen molar-refractivity contribution in [2.45, 2.75) is 18.9 Å². The fourth-order valence-electron chi connectivity index (χ4n) is 1.59. The third-order valence-electron chi connectivity index (χ3n) is 2.72. The highest BCUT2D eigenvalue weighted by Crippen LogP contribution is 2.15. The maximum absolute atomic E-state index is 12.1. The van der Waals surface area contributed by atoms with Crippen molar-refractivity contribution in [1.82, 2.24) is 10.3 Å². The molecule has 0 aliphatic heterocycles. The van der Waals surface area contributed by atoms with E-state index in [2.05, 4.69) is 15.0 Å². The maximum Gasteiger partial charge on any atom is 0.326 e. The Morgan fingerprint density at radius 2 is 2.10 bits per heavy atom. The second kappa shape index (κ2) is 7.83. The van der Waals surface area contributed by atoms with Gasteiger partial charge >= 0.3 is 11.9 Å². The van der Waals surface area contributed by atoms with Crippen LogP contribution >= 0.6 is 0 Å². The van der Waals surface area contributed by atoms with Crippen LogP contribution in [0.25, 0.3) is 0 Å². The number of hydrogen-bond donors (Lipinski definition) is 2. The molecule has 0 saturated carbocycles. The fourth-order valence-corrected chi connectivity index (χ4v) is 1.59. The van der Waals surface area contributed by atoms with Gasteiger partial charge in [0.05, 0.1) is 26.0 Å². The fraction of sp³-hybridized carbons (Fsp3) is 0.385. The zero-order chi connectivity index (χ0) is 15.8. The van der Waals surface area contributed by atoms with Crippen molar-refractivity contribution in [3.05, 3.63) is 24.0 Å². The highest BCUT2D eigenvalue weighted by molar-refractivity contribution is 5.98. The number of rotatable bonds is 7. The molecule has 1 heterocycles. The zero-order valence-corrected chi connectivity index (χ0v) is 11.7. The van der Waals surface area contributed by atoms with Crippen molar-refractivity contribution >= 4 is 17.8 Å². The summed E-state index contributed by atoms with van der Waals surface area (Å²) in [5.74, 6) is -2.17. The summed E-state index contributed by atoms with van der Waals surface area (Å²) in [6, 6.07) is 0.211. The van der Waals surface area contributed by atoms with E-state index in [1.54, 1.807) is 0 Å². The lowest BCUT2D eigenvalue weighted by atomic mass is 10.1. The predicted octanol–water partition coefficient (Wildman–Crippen LogP) is 0.226. The number of nitrogens with zero attached hydrogens (tertiary/aromatic N) is 1. The number of carbonyl (C=O) groups excluding carboxylic acids is 2. The van der Waals surface area contributed by atoms with Crippen molar-refractivity contribution in [3.8, 4) is 5.75 Å². The normalized spacial score (nSPS) is 11.3. The Morgan fingerprint density at radius 1 is 1.38 bits per heavy atom. The molecule has 0 aliphatic rings. The number of carboxylic acid groups (broad SMARTS) is 1. The van der Waals surface area contributed by atoms with E-state index < -0.39 is 23.9 Å². The first-order valence-corrected chi connectivity index (χ1v) is 6.08. The molecule has 0 bridgehead atoms. The Hall–Kier alpha value is -2.64. The summed E-state index contributed by atoms with van der Waals surface area (Å²) in [5, 5.41) is 11.4. The lowest BCUT2D eigenvalue weighted by Crippen LogP contribution is -2.41. The second-order valence-corrected chi connectivity index (χ2v) is 4.06. The first kappa shape index (κ1) is 16.4. The number of hydrogen-bond acceptors (Lipinski definition) is 6. The lowest BCUT2D eigenvalue weighted by Gasteiger charge is -2.15. The van der Waals surface area contributed by atoms with Crippen molar-refractivity contribution in [2.75, 3.05) is 14.2 Å². The molecule has 114 valence electrons. The van der Waals surface area contributed by atoms with Gasteiger partial charge in [-0.1, -0.05) is 0 Å². The molecule has 0 saturated heterocycles. The van der Waals surface area contributed by atoms with Gasteiger partial charge in [-0.15, -0.1) is 0 Å². The average Bonchev–Trinajstić information content (AvgIpc) is 2.50. The van der Waals surface area contributed by atoms with Gasteiger partial charge in [-0.25, -0.2) is 4.79 Å². The molecule has 0 radical (unpaired) electrons. The molecular formula is C13H16N2O6. The average molecular weight is 296 g/mol. The SMILES string of the molecule is COC(=O)CC[C@@H](NC(=O)c1ccncc1OC)C(=O)O. The van der Waals surface area contributed by atoms with Gasteiger partial charge < -0.3 is 19.9 Å². The van der Waals surface area contributed by atoms with Crippen LogP contribution in [0.3, 0.4) is 0 Å². The molecule has 0 spiro atoms. The second-order valence-electron chi connectivity index (χ2n) is 4.06. The smallest absolute Gasteiger partial charge is 0.326 e. The molecule has 0 aromatic carbocycles. The number of ether oxygens (including phenoxy) is 2. The molecule has 2 N–H and O–H groups in total. The van der Waals surface area contributed by atoms with E-state index in [0.717, 1.165) is 0 Å². The summed E-state index contributed by atoms with van der Waals surface area (Å²) in [7, 11) is 2.58. The topological polar surface area (TPSA) is 115 Å². The minimum absolute atomic E-state index is 0.0683. The van der Waals surface area contributed by atoms with Crippen molar-refractivity contribution in [1.29, 1.82) is 0 Å². The largest absolute Gasteiger partial charge is 0.494 e. The molecule has 8 heteroatoms. The highest BCUT2D eigenvalue weighted by atomic mass is 16.5. The number of nitrogens with one attached hydrogen (secondary N) is 1. The van der Waals surface area contributed by atoms with Crippen LogP contribution < -0.4 is 10.1 Å². The van der Waals surface area contributed by atoms with Crippen molar-refractivity contribution in [2.24, 2.45) is 0 Å². The number of carboxylic acids is 1. The van der Waals surface area contributed by atoms with Gasteiger partial charge in [0.1, 0.15) is 11.8 Å². The molecule has 8 nitrogen and oxygen atoms in total. The predicted molar refractivity (Wildman–Crippen MR) is 70.9 cm³/mol. The molecule has 1 aromatic rings. The number of carbonyl (C=O) groups is 3. The molecule has 1 amide bonds. The third kappa shape index (κ3) is 4.75. The Labute approximate surface area is 121 Å². The number of esters is 1. The van der Waals surface area contributed by atoms with Crippen LogP contribution in [0.2, 0.25) is 0 Å². The summed E-state index contributed by atoms with van der Waals surface area (Å²) in [6.07, 6.45) is 2.56. The molecule has 21 heavy (non-hydrogen) atoms. The van der Waals surface area contributed by atoms with E-state index in [9.17, 15) is 14.4 Å². The maximum atomic E-state index is 12.1. The van der Waals surface area contributed by atoms with E-state index in [4.69, 9.17) is 9.84 Å². The summed E-state index contributed by atoms with van der Waals surface area (Å²) in [5.41, 5.74) is 0.164. The molecule has 0 unspecified atom stereocenters. The summed E-state index contributed by atoms with van der Waals surface area (Å²) in [6.45, 7) is 0. The summed E-state index contributed by atoms with van der Waals surface area (Å²) < 4.78 is 9.41. The lowest BCUT2D eigenvalue weighted by molar-refractivity contribution is -0.142. The minimum atomic E-state index is -1.24. The van der Waals surface area contributed by atoms with Crippen LogP contribution in [0.4, 0.5) is 0 Å². The summed E-state index contributed by atoms with van der Waals surface area (Å²) >= 11 is 0. The molecule has 1 atom stereocenters. The van der Waals surface area contributed by atoms with Gasteiger partial charge in [0, 0.05) is 12.6 Å². The van der Waals surface area contributed by atoms with Crippen LogP contribution in [0, 0.1) is 0 Å². The standard InChI is InChI=1S/C13H16N2O6/c1-20-10-7-14-6-5-8(10)12(17)15-9(13(18)19)3-4-11(16)21-2/h5-7,9H,3-4H2,1-2H3,(H,15,17)(H,18,19)/t9-/m1/s1. The number of amides is 1. The number of methoxy groups -OCH3 is 2. The van der Waals surface area contributed by atoms with Crippen molar-refractivity contribution < 1.29 is 29.0 Å². The zero-order valence-electron chi connectivity index (χ0n) is 11.7. The van der Waals surface area contributed by atoms with E-state index in [0.29, 0.717) is 0 Å². The van der Waals surface area contributed by atoms with E-state index in [-0.39, 0.29) is 24.2 Å².